The molecule has 13 heavy (non-hydrogen) atoms. The first kappa shape index (κ1) is 29.4. The minimum absolute atomic E-state index is 0. The second kappa shape index (κ2) is 62.9. The molecule has 0 amide bonds. The van der Waals surface area contributed by atoms with Crippen molar-refractivity contribution in [2.24, 2.45) is 0 Å². The minimum Gasteiger partial charge on any atom is -1.00 e. The van der Waals surface area contributed by atoms with E-state index in [2.05, 4.69) is 12.2 Å². The summed E-state index contributed by atoms with van der Waals surface area (Å²) in [6.07, 6.45) is 10.0. The van der Waals surface area contributed by atoms with Crippen LogP contribution in [0.2, 0.25) is 0 Å². The molecular formula is C8H11ClO3W. The molecule has 0 radical (unpaired) electrons. The van der Waals surface area contributed by atoms with Crippen LogP contribution in [0.25, 0.3) is 0 Å². The first-order valence-electron chi connectivity index (χ1n) is 2.58. The Morgan fingerprint density at radius 1 is 1.00 bits per heavy atom. The second-order valence-corrected chi connectivity index (χ2v) is 1.00. The SMILES string of the molecule is C=O.C=O.C=O.[C-]1=CC=CC1.[Cl-].[W+2]. The van der Waals surface area contributed by atoms with Crippen molar-refractivity contribution in [3.8, 4) is 0 Å². The summed E-state index contributed by atoms with van der Waals surface area (Å²) in [6.45, 7) is 6.00. The van der Waals surface area contributed by atoms with Crippen LogP contribution in [-0.2, 0) is 35.4 Å². The Kier molecular flexibility index (Phi) is 142. The fourth-order valence-electron chi connectivity index (χ4n) is 0.340. The average molecular weight is 374 g/mol. The molecule has 0 aromatic rings. The third-order valence-corrected chi connectivity index (χ3v) is 0.586. The van der Waals surface area contributed by atoms with Crippen LogP contribution in [0.15, 0.2) is 18.2 Å². The van der Waals surface area contributed by atoms with Gasteiger partial charge in [-0.25, -0.2) is 12.2 Å². The van der Waals surface area contributed by atoms with E-state index < -0.39 is 0 Å². The maximum atomic E-state index is 8.00. The van der Waals surface area contributed by atoms with E-state index in [1.54, 1.807) is 0 Å². The summed E-state index contributed by atoms with van der Waals surface area (Å²) in [5.74, 6) is 0. The molecule has 0 fully saturated rings. The molecule has 3 nitrogen and oxygen atoms in total. The Labute approximate surface area is 99.0 Å². The van der Waals surface area contributed by atoms with Crippen LogP contribution in [0.4, 0.5) is 0 Å². The molecule has 0 heterocycles. The standard InChI is InChI=1S/C5H5.3CH2O.ClH.W/c1-2-4-5-3-1;3*1-2;;/h1-3H,4H2;3*1H2;1H;/q-1;;;;;+2/p-1. The van der Waals surface area contributed by atoms with Crippen LogP contribution in [0.5, 0.6) is 0 Å². The largest absolute Gasteiger partial charge is 2.00 e. The van der Waals surface area contributed by atoms with Crippen LogP contribution >= 0.6 is 0 Å². The van der Waals surface area contributed by atoms with Gasteiger partial charge in [-0.05, 0) is 0 Å². The number of carbonyl (C=O) groups excluding carboxylic acids is 3. The van der Waals surface area contributed by atoms with Crippen LogP contribution in [0.1, 0.15) is 6.42 Å². The first-order chi connectivity index (χ1) is 5.50. The summed E-state index contributed by atoms with van der Waals surface area (Å²) in [5.41, 5.74) is 0. The van der Waals surface area contributed by atoms with Gasteiger partial charge in [0.1, 0.15) is 20.4 Å². The van der Waals surface area contributed by atoms with Crippen LogP contribution in [-0.4, -0.2) is 20.4 Å². The number of carbonyl (C=O) groups is 3. The number of hydrogen-bond donors (Lipinski definition) is 0. The smallest absolute Gasteiger partial charge is 1.00 e. The van der Waals surface area contributed by atoms with Gasteiger partial charge in [-0.15, -0.1) is 6.42 Å². The summed E-state index contributed by atoms with van der Waals surface area (Å²) >= 11 is 0. The monoisotopic (exact) mass is 374 g/mol. The van der Waals surface area contributed by atoms with Crippen molar-refractivity contribution in [3.63, 3.8) is 0 Å². The molecule has 0 unspecified atom stereocenters. The molecule has 1 rings (SSSR count). The predicted molar refractivity (Wildman–Crippen MR) is 42.9 cm³/mol. The minimum atomic E-state index is 0. The van der Waals surface area contributed by atoms with Gasteiger partial charge in [-0.1, -0.05) is 0 Å². The summed E-state index contributed by atoms with van der Waals surface area (Å²) in [7, 11) is 0. The van der Waals surface area contributed by atoms with Gasteiger partial charge in [0.2, 0.25) is 0 Å². The average Bonchev–Trinajstić information content (AvgIpc) is 2.71. The molecular weight excluding hydrogens is 363 g/mol. The van der Waals surface area contributed by atoms with Crippen molar-refractivity contribution >= 4 is 20.4 Å². The van der Waals surface area contributed by atoms with Gasteiger partial charge in [0, 0.05) is 0 Å². The summed E-state index contributed by atoms with van der Waals surface area (Å²) in [5, 5.41) is 0. The summed E-state index contributed by atoms with van der Waals surface area (Å²) in [4.78, 5) is 24.0. The van der Waals surface area contributed by atoms with Gasteiger partial charge < -0.3 is 26.8 Å². The quantitative estimate of drug-likeness (QED) is 0.451. The van der Waals surface area contributed by atoms with Crippen LogP contribution in [0.3, 0.4) is 0 Å². The van der Waals surface area contributed by atoms with Crippen LogP contribution < -0.4 is 12.4 Å². The molecule has 0 aromatic carbocycles. The molecule has 0 bridgehead atoms. The molecule has 1 aliphatic rings. The fourth-order valence-corrected chi connectivity index (χ4v) is 0.340. The van der Waals surface area contributed by atoms with Crippen LogP contribution in [0, 0.1) is 6.08 Å². The number of allylic oxidation sites excluding steroid dienone is 4. The number of halogens is 1. The summed E-state index contributed by atoms with van der Waals surface area (Å²) < 4.78 is 0. The van der Waals surface area contributed by atoms with Crippen molar-refractivity contribution in [2.75, 3.05) is 0 Å². The van der Waals surface area contributed by atoms with E-state index in [1.807, 2.05) is 32.5 Å². The van der Waals surface area contributed by atoms with Crippen molar-refractivity contribution in [1.82, 2.24) is 0 Å². The third kappa shape index (κ3) is 51.5. The predicted octanol–water partition coefficient (Wildman–Crippen LogP) is -2.25. The molecule has 5 heteroatoms. The van der Waals surface area contributed by atoms with E-state index in [1.165, 1.54) is 0 Å². The maximum Gasteiger partial charge on any atom is 2.00 e. The van der Waals surface area contributed by atoms with E-state index in [0.29, 0.717) is 0 Å². The Morgan fingerprint density at radius 3 is 1.46 bits per heavy atom. The van der Waals surface area contributed by atoms with E-state index in [-0.39, 0.29) is 33.5 Å². The Balaban J connectivity index is -0.0000000239. The molecule has 0 spiro atoms. The Bertz CT molecular complexity index is 103. The first-order valence-corrected chi connectivity index (χ1v) is 2.58. The molecule has 74 valence electrons. The van der Waals surface area contributed by atoms with Gasteiger partial charge in [-0.2, -0.15) is 6.08 Å². The molecule has 0 saturated carbocycles. The molecule has 0 N–H and O–H groups in total. The van der Waals surface area contributed by atoms with Gasteiger partial charge in [-0.3, -0.25) is 6.08 Å². The van der Waals surface area contributed by atoms with Gasteiger partial charge >= 0.3 is 21.1 Å². The maximum absolute atomic E-state index is 8.00. The zero-order chi connectivity index (χ0) is 9.54. The summed E-state index contributed by atoms with van der Waals surface area (Å²) in [6, 6.07) is 0. The third-order valence-electron chi connectivity index (χ3n) is 0.586. The molecule has 0 aliphatic heterocycles. The van der Waals surface area contributed by atoms with Gasteiger partial charge in [0.05, 0.1) is 0 Å². The number of hydrogen-bond acceptors (Lipinski definition) is 3. The zero-order valence-corrected chi connectivity index (χ0v) is 10.8. The molecule has 0 atom stereocenters. The molecule has 0 saturated heterocycles. The van der Waals surface area contributed by atoms with E-state index in [0.717, 1.165) is 6.42 Å². The zero-order valence-electron chi connectivity index (χ0n) is 7.07. The fraction of sp³-hybridized carbons (Fsp3) is 0.125. The van der Waals surface area contributed by atoms with E-state index in [4.69, 9.17) is 14.4 Å². The van der Waals surface area contributed by atoms with Crippen molar-refractivity contribution in [3.05, 3.63) is 24.3 Å². The van der Waals surface area contributed by atoms with Crippen molar-refractivity contribution in [1.29, 1.82) is 0 Å². The Hall–Kier alpha value is -0.532. The van der Waals surface area contributed by atoms with Gasteiger partial charge in [0.15, 0.2) is 0 Å². The van der Waals surface area contributed by atoms with Crippen molar-refractivity contribution < 1.29 is 47.9 Å². The Morgan fingerprint density at radius 2 is 1.38 bits per heavy atom. The number of rotatable bonds is 0. The van der Waals surface area contributed by atoms with Crippen molar-refractivity contribution in [2.45, 2.75) is 6.42 Å². The van der Waals surface area contributed by atoms with E-state index >= 15 is 0 Å². The molecule has 1 aliphatic carbocycles. The second-order valence-electron chi connectivity index (χ2n) is 1.00. The molecule has 0 aromatic heterocycles. The normalized spacial score (nSPS) is 7.69. The topological polar surface area (TPSA) is 51.2 Å². The van der Waals surface area contributed by atoms with Gasteiger partial charge in [0.25, 0.3) is 0 Å². The van der Waals surface area contributed by atoms with E-state index in [9.17, 15) is 0 Å².